The Balaban J connectivity index is 1.87. The quantitative estimate of drug-likeness (QED) is 0.260. The van der Waals surface area contributed by atoms with Crippen LogP contribution in [0.5, 0.6) is 5.88 Å². The number of nitrogens with zero attached hydrogens (tertiary/aromatic N) is 2. The molecule has 1 fully saturated rings. The van der Waals surface area contributed by atoms with Gasteiger partial charge in [0.25, 0.3) is 0 Å². The number of nitro groups is 1. The summed E-state index contributed by atoms with van der Waals surface area (Å²) in [6.07, 6.45) is 2.98. The molecule has 2 rings (SSSR count). The van der Waals surface area contributed by atoms with Crippen LogP contribution in [0.1, 0.15) is 58.6 Å². The van der Waals surface area contributed by atoms with Gasteiger partial charge in [-0.15, -0.1) is 5.10 Å². The fourth-order valence-corrected chi connectivity index (χ4v) is 4.26. The van der Waals surface area contributed by atoms with E-state index in [0.29, 0.717) is 44.6 Å². The number of halogens is 1. The van der Waals surface area contributed by atoms with Crippen LogP contribution < -0.4 is 4.74 Å². The zero-order chi connectivity index (χ0) is 20.9. The second kappa shape index (κ2) is 9.34. The largest absolute Gasteiger partial charge is 0.472 e. The zero-order valence-corrected chi connectivity index (χ0v) is 18.7. The topological polar surface area (TPSA) is 90.3 Å². The van der Waals surface area contributed by atoms with Crippen LogP contribution in [0.3, 0.4) is 0 Å². The minimum atomic E-state index is -1.80. The summed E-state index contributed by atoms with van der Waals surface area (Å²) in [6, 6.07) is 0. The van der Waals surface area contributed by atoms with Crippen LogP contribution >= 0.6 is 0 Å². The molecular weight excluding hydrogens is 381 g/mol. The molecule has 0 saturated heterocycles. The first-order chi connectivity index (χ1) is 13.0. The first kappa shape index (κ1) is 22.8. The third-order valence-electron chi connectivity index (χ3n) is 6.03. The zero-order valence-electron chi connectivity index (χ0n) is 17.7. The highest BCUT2D eigenvalue weighted by molar-refractivity contribution is 6.74. The van der Waals surface area contributed by atoms with E-state index in [0.717, 1.165) is 12.8 Å². The molecule has 0 spiro atoms. The third-order valence-corrected chi connectivity index (χ3v) is 10.6. The molecule has 0 aromatic carbocycles. The van der Waals surface area contributed by atoms with Crippen LogP contribution in [-0.4, -0.2) is 42.8 Å². The molecule has 160 valence electrons. The Bertz CT molecular complexity index is 652. The Kier molecular flexibility index (Phi) is 7.61. The van der Waals surface area contributed by atoms with E-state index in [9.17, 15) is 14.5 Å². The normalized spacial score (nSPS) is 20.9. The predicted molar refractivity (Wildman–Crippen MR) is 109 cm³/mol. The summed E-state index contributed by atoms with van der Waals surface area (Å²) in [5.41, 5.74) is 0.382. The molecule has 1 N–H and O–H groups in total. The molecule has 1 heterocycles. The van der Waals surface area contributed by atoms with Crippen molar-refractivity contribution in [1.29, 1.82) is 0 Å². The predicted octanol–water partition coefficient (Wildman–Crippen LogP) is 5.18. The van der Waals surface area contributed by atoms with Gasteiger partial charge in [0.15, 0.2) is 8.32 Å². The molecular formula is C19H34FN3O4Si. The molecule has 0 atom stereocenters. The molecule has 0 bridgehead atoms. The van der Waals surface area contributed by atoms with Gasteiger partial charge in [0.05, 0.1) is 11.5 Å². The maximum Gasteiger partial charge on any atom is 0.352 e. The summed E-state index contributed by atoms with van der Waals surface area (Å²) >= 11 is 0. The van der Waals surface area contributed by atoms with Crippen LogP contribution in [0.2, 0.25) is 18.1 Å². The average molecular weight is 416 g/mol. The van der Waals surface area contributed by atoms with E-state index in [1.165, 1.54) is 0 Å². The Morgan fingerprint density at radius 3 is 2.46 bits per heavy atom. The van der Waals surface area contributed by atoms with E-state index in [-0.39, 0.29) is 22.5 Å². The van der Waals surface area contributed by atoms with Crippen LogP contribution in [0, 0.1) is 16.0 Å². The Morgan fingerprint density at radius 1 is 1.25 bits per heavy atom. The van der Waals surface area contributed by atoms with Crippen LogP contribution in [-0.2, 0) is 10.8 Å². The van der Waals surface area contributed by atoms with E-state index in [4.69, 9.17) is 9.16 Å². The second-order valence-electron chi connectivity index (χ2n) is 9.25. The average Bonchev–Trinajstić information content (AvgIpc) is 2.98. The van der Waals surface area contributed by atoms with Crippen molar-refractivity contribution in [2.45, 2.75) is 83.6 Å². The fraction of sp³-hybridized carbons (Fsp3) is 0.842. The number of rotatable bonds is 9. The molecule has 7 nitrogen and oxygen atoms in total. The van der Waals surface area contributed by atoms with Gasteiger partial charge in [-0.25, -0.2) is 4.39 Å². The van der Waals surface area contributed by atoms with Crippen LogP contribution in [0.15, 0.2) is 0 Å². The smallest absolute Gasteiger partial charge is 0.352 e. The van der Waals surface area contributed by atoms with Crippen molar-refractivity contribution < 1.29 is 18.5 Å². The lowest BCUT2D eigenvalue weighted by atomic mass is 9.85. The van der Waals surface area contributed by atoms with Gasteiger partial charge in [-0.3, -0.25) is 15.2 Å². The number of aromatic nitrogens is 2. The van der Waals surface area contributed by atoms with E-state index < -0.39 is 19.4 Å². The van der Waals surface area contributed by atoms with Gasteiger partial charge in [0.1, 0.15) is 11.9 Å². The van der Waals surface area contributed by atoms with Crippen molar-refractivity contribution in [3.63, 3.8) is 0 Å². The molecule has 1 aliphatic rings. The van der Waals surface area contributed by atoms with Gasteiger partial charge in [-0.2, -0.15) is 0 Å². The lowest BCUT2D eigenvalue weighted by Crippen LogP contribution is -2.41. The lowest BCUT2D eigenvalue weighted by molar-refractivity contribution is -0.386. The molecule has 1 aromatic heterocycles. The Hall–Kier alpha value is -1.48. The van der Waals surface area contributed by atoms with E-state index >= 15 is 0 Å². The van der Waals surface area contributed by atoms with Crippen molar-refractivity contribution in [2.24, 2.45) is 5.92 Å². The number of ether oxygens (including phenoxy) is 1. The van der Waals surface area contributed by atoms with Gasteiger partial charge < -0.3 is 9.16 Å². The monoisotopic (exact) mass is 415 g/mol. The second-order valence-corrected chi connectivity index (χ2v) is 14.1. The summed E-state index contributed by atoms with van der Waals surface area (Å²) < 4.78 is 25.0. The van der Waals surface area contributed by atoms with Crippen molar-refractivity contribution in [2.75, 3.05) is 13.2 Å². The first-order valence-electron chi connectivity index (χ1n) is 10.1. The lowest BCUT2D eigenvalue weighted by Gasteiger charge is -2.36. The summed E-state index contributed by atoms with van der Waals surface area (Å²) in [6.45, 7) is 11.8. The molecule has 9 heteroatoms. The van der Waals surface area contributed by atoms with Crippen molar-refractivity contribution in [1.82, 2.24) is 10.2 Å². The molecule has 1 aliphatic carbocycles. The summed E-state index contributed by atoms with van der Waals surface area (Å²) in [4.78, 5) is 11.1. The SMILES string of the molecule is CC(C)(C)[Si](C)(C)OCCCOc1n[nH]c(CC2CCC(F)CC2)c1[N+](=O)[O-]. The molecule has 0 radical (unpaired) electrons. The Labute approximate surface area is 167 Å². The van der Waals surface area contributed by atoms with Gasteiger partial charge in [0.2, 0.25) is 0 Å². The van der Waals surface area contributed by atoms with Gasteiger partial charge in [-0.1, -0.05) is 20.8 Å². The highest BCUT2D eigenvalue weighted by atomic mass is 28.4. The number of aromatic amines is 1. The maximum atomic E-state index is 13.3. The summed E-state index contributed by atoms with van der Waals surface area (Å²) in [5, 5.41) is 18.4. The molecule has 1 saturated carbocycles. The van der Waals surface area contributed by atoms with Crippen molar-refractivity contribution in [3.8, 4) is 5.88 Å². The van der Waals surface area contributed by atoms with Crippen molar-refractivity contribution >= 4 is 14.0 Å². The van der Waals surface area contributed by atoms with E-state index in [1.807, 2.05) is 0 Å². The highest BCUT2D eigenvalue weighted by Crippen LogP contribution is 2.37. The molecule has 0 unspecified atom stereocenters. The summed E-state index contributed by atoms with van der Waals surface area (Å²) in [7, 11) is -1.80. The molecule has 0 aliphatic heterocycles. The number of hydrogen-bond acceptors (Lipinski definition) is 5. The van der Waals surface area contributed by atoms with Gasteiger partial charge >= 0.3 is 11.6 Å². The highest BCUT2D eigenvalue weighted by Gasteiger charge is 2.37. The van der Waals surface area contributed by atoms with E-state index in [1.54, 1.807) is 0 Å². The number of alkyl halides is 1. The van der Waals surface area contributed by atoms with Crippen molar-refractivity contribution in [3.05, 3.63) is 15.8 Å². The first-order valence-corrected chi connectivity index (χ1v) is 13.0. The molecule has 28 heavy (non-hydrogen) atoms. The maximum absolute atomic E-state index is 13.3. The minimum Gasteiger partial charge on any atom is -0.472 e. The molecule has 1 aromatic rings. The van der Waals surface area contributed by atoms with E-state index in [2.05, 4.69) is 44.1 Å². The standard InChI is InChI=1S/C19H34FN3O4Si/c1-19(2,3)28(4,5)27-12-6-11-26-18-17(23(24)25)16(21-22-18)13-14-7-9-15(20)10-8-14/h14-15H,6-13H2,1-5H3,(H,21,22). The molecule has 0 amide bonds. The van der Waals surface area contributed by atoms with Crippen LogP contribution in [0.4, 0.5) is 10.1 Å². The minimum absolute atomic E-state index is 0.0338. The fourth-order valence-electron chi connectivity index (χ4n) is 3.17. The van der Waals surface area contributed by atoms with Gasteiger partial charge in [-0.05, 0) is 56.2 Å². The summed E-state index contributed by atoms with van der Waals surface area (Å²) in [5.74, 6) is 0.281. The Morgan fingerprint density at radius 2 is 1.89 bits per heavy atom. The number of H-pyrrole nitrogens is 1. The van der Waals surface area contributed by atoms with Crippen LogP contribution in [0.25, 0.3) is 0 Å². The number of nitrogens with one attached hydrogen (secondary N) is 1. The third kappa shape index (κ3) is 6.01. The van der Waals surface area contributed by atoms with Gasteiger partial charge in [0, 0.05) is 13.0 Å². The number of hydrogen-bond donors (Lipinski definition) is 1.